The topological polar surface area (TPSA) is 32.3 Å². The zero-order valence-corrected chi connectivity index (χ0v) is 19.6. The third-order valence-corrected chi connectivity index (χ3v) is 7.19. The zero-order chi connectivity index (χ0) is 22.6. The Morgan fingerprint density at radius 1 is 1.12 bits per heavy atom. The monoisotopic (exact) mass is 454 g/mol. The maximum absolute atomic E-state index is 13.7. The van der Waals surface area contributed by atoms with Gasteiger partial charge in [-0.25, -0.2) is 4.39 Å². The van der Waals surface area contributed by atoms with Gasteiger partial charge in [0, 0.05) is 23.8 Å². The van der Waals surface area contributed by atoms with E-state index in [1.54, 1.807) is 0 Å². The molecule has 2 aliphatic heterocycles. The van der Waals surface area contributed by atoms with Crippen molar-refractivity contribution in [1.29, 1.82) is 0 Å². The van der Waals surface area contributed by atoms with Crippen molar-refractivity contribution in [2.45, 2.75) is 57.3 Å². The third kappa shape index (κ3) is 4.92. The van der Waals surface area contributed by atoms with Gasteiger partial charge in [0.05, 0.1) is 5.41 Å². The Bertz CT molecular complexity index is 1000. The molecule has 0 aliphatic carbocycles. The van der Waals surface area contributed by atoms with Crippen LogP contribution in [0.1, 0.15) is 63.0 Å². The lowest BCUT2D eigenvalue weighted by molar-refractivity contribution is -0.121. The normalized spacial score (nSPS) is 20.7. The van der Waals surface area contributed by atoms with E-state index < -0.39 is 5.41 Å². The molecule has 2 aromatic carbocycles. The molecule has 2 aliphatic rings. The molecule has 2 heterocycles. The minimum atomic E-state index is -0.513. The summed E-state index contributed by atoms with van der Waals surface area (Å²) in [5.41, 5.74) is 3.71. The largest absolute Gasteiger partial charge is 0.325 e. The lowest BCUT2D eigenvalue weighted by atomic mass is 9.73. The SMILES string of the molecule is CCCCC1(CCCCN2CC=C(c3cccc(Cl)c3)CC2)C(=O)Nc2cc(F)ccc21. The van der Waals surface area contributed by atoms with Crippen LogP contribution in [0.25, 0.3) is 5.57 Å². The van der Waals surface area contributed by atoms with E-state index in [0.29, 0.717) is 5.69 Å². The van der Waals surface area contributed by atoms with Gasteiger partial charge < -0.3 is 5.32 Å². The van der Waals surface area contributed by atoms with Gasteiger partial charge in [-0.2, -0.15) is 0 Å². The van der Waals surface area contributed by atoms with Crippen molar-refractivity contribution in [2.24, 2.45) is 0 Å². The fourth-order valence-electron chi connectivity index (χ4n) is 5.13. The predicted octanol–water partition coefficient (Wildman–Crippen LogP) is 6.82. The summed E-state index contributed by atoms with van der Waals surface area (Å²) in [4.78, 5) is 15.5. The number of halogens is 2. The number of hydrogen-bond donors (Lipinski definition) is 1. The molecule has 0 bridgehead atoms. The van der Waals surface area contributed by atoms with Crippen molar-refractivity contribution in [3.8, 4) is 0 Å². The first kappa shape index (κ1) is 23.0. The molecule has 0 fully saturated rings. The smallest absolute Gasteiger partial charge is 0.235 e. The van der Waals surface area contributed by atoms with Crippen LogP contribution in [-0.2, 0) is 10.2 Å². The molecule has 32 heavy (non-hydrogen) atoms. The number of unbranched alkanes of at least 4 members (excludes halogenated alkanes) is 2. The van der Waals surface area contributed by atoms with Crippen molar-refractivity contribution in [1.82, 2.24) is 4.90 Å². The number of nitrogens with one attached hydrogen (secondary N) is 1. The van der Waals surface area contributed by atoms with Gasteiger partial charge in [-0.15, -0.1) is 0 Å². The third-order valence-electron chi connectivity index (χ3n) is 6.95. The van der Waals surface area contributed by atoms with E-state index >= 15 is 0 Å². The molecule has 0 spiro atoms. The van der Waals surface area contributed by atoms with Gasteiger partial charge in [0.1, 0.15) is 5.82 Å². The number of fused-ring (bicyclic) bond motifs is 1. The molecule has 3 nitrogen and oxygen atoms in total. The summed E-state index contributed by atoms with van der Waals surface area (Å²) in [5.74, 6) is -0.260. The van der Waals surface area contributed by atoms with Gasteiger partial charge >= 0.3 is 0 Å². The van der Waals surface area contributed by atoms with E-state index in [2.05, 4.69) is 29.3 Å². The number of amides is 1. The molecule has 0 aromatic heterocycles. The molecule has 5 heteroatoms. The molecule has 2 aromatic rings. The Balaban J connectivity index is 1.34. The lowest BCUT2D eigenvalue weighted by Gasteiger charge is -2.29. The van der Waals surface area contributed by atoms with Crippen LogP contribution in [0.2, 0.25) is 5.02 Å². The maximum atomic E-state index is 13.7. The summed E-state index contributed by atoms with van der Waals surface area (Å²) in [7, 11) is 0. The summed E-state index contributed by atoms with van der Waals surface area (Å²) < 4.78 is 13.7. The molecule has 0 radical (unpaired) electrons. The number of rotatable bonds is 9. The molecule has 0 saturated heterocycles. The second-order valence-electron chi connectivity index (χ2n) is 9.08. The Morgan fingerprint density at radius 3 is 2.72 bits per heavy atom. The standard InChI is InChI=1S/C27H32ClFN2O/c1-2-3-13-27(24-10-9-23(29)19-25(24)30-26(27)32)14-4-5-15-31-16-11-20(12-17-31)21-7-6-8-22(28)18-21/h6-11,18-19H,2-5,12-17H2,1H3,(H,30,32). The Hall–Kier alpha value is -2.17. The molecular formula is C27H32ClFN2O. The highest BCUT2D eigenvalue weighted by Gasteiger charge is 2.45. The van der Waals surface area contributed by atoms with Crippen molar-refractivity contribution in [3.63, 3.8) is 0 Å². The fourth-order valence-corrected chi connectivity index (χ4v) is 5.32. The van der Waals surface area contributed by atoms with Gasteiger partial charge in [0.15, 0.2) is 0 Å². The van der Waals surface area contributed by atoms with Crippen LogP contribution < -0.4 is 5.32 Å². The van der Waals surface area contributed by atoms with Gasteiger partial charge in [-0.05, 0) is 73.2 Å². The number of hydrogen-bond acceptors (Lipinski definition) is 2. The summed E-state index contributed by atoms with van der Waals surface area (Å²) in [5, 5.41) is 3.73. The number of benzene rings is 2. The van der Waals surface area contributed by atoms with Gasteiger partial charge in [-0.3, -0.25) is 9.69 Å². The van der Waals surface area contributed by atoms with E-state index in [1.165, 1.54) is 23.3 Å². The fraction of sp³-hybridized carbons (Fsp3) is 0.444. The molecule has 4 rings (SSSR count). The second kappa shape index (κ2) is 10.2. The zero-order valence-electron chi connectivity index (χ0n) is 18.8. The Morgan fingerprint density at radius 2 is 1.97 bits per heavy atom. The number of nitrogens with zero attached hydrogens (tertiary/aromatic N) is 1. The van der Waals surface area contributed by atoms with E-state index in [-0.39, 0.29) is 11.7 Å². The van der Waals surface area contributed by atoms with Crippen molar-refractivity contribution in [2.75, 3.05) is 25.0 Å². The van der Waals surface area contributed by atoms with Crippen LogP contribution in [-0.4, -0.2) is 30.4 Å². The highest BCUT2D eigenvalue weighted by atomic mass is 35.5. The van der Waals surface area contributed by atoms with E-state index in [9.17, 15) is 9.18 Å². The molecule has 1 N–H and O–H groups in total. The predicted molar refractivity (Wildman–Crippen MR) is 131 cm³/mol. The highest BCUT2D eigenvalue weighted by molar-refractivity contribution is 6.30. The van der Waals surface area contributed by atoms with Crippen LogP contribution >= 0.6 is 11.6 Å². The van der Waals surface area contributed by atoms with Crippen molar-refractivity contribution >= 4 is 28.8 Å². The lowest BCUT2D eigenvalue weighted by Crippen LogP contribution is -2.35. The molecule has 1 atom stereocenters. The first-order valence-corrected chi connectivity index (χ1v) is 12.2. The number of anilines is 1. The van der Waals surface area contributed by atoms with Crippen LogP contribution in [0.4, 0.5) is 10.1 Å². The number of carbonyl (C=O) groups is 1. The summed E-state index contributed by atoms with van der Waals surface area (Å²) in [6, 6.07) is 12.8. The molecule has 1 unspecified atom stereocenters. The first-order valence-electron chi connectivity index (χ1n) is 11.8. The van der Waals surface area contributed by atoms with Crippen LogP contribution in [0, 0.1) is 5.82 Å². The van der Waals surface area contributed by atoms with Gasteiger partial charge in [-0.1, -0.05) is 62.1 Å². The van der Waals surface area contributed by atoms with E-state index in [4.69, 9.17) is 11.6 Å². The van der Waals surface area contributed by atoms with Crippen LogP contribution in [0.15, 0.2) is 48.5 Å². The maximum Gasteiger partial charge on any atom is 0.235 e. The first-order chi connectivity index (χ1) is 15.5. The second-order valence-corrected chi connectivity index (χ2v) is 9.51. The molecule has 1 amide bonds. The average molecular weight is 455 g/mol. The Kier molecular flexibility index (Phi) is 7.32. The summed E-state index contributed by atoms with van der Waals surface area (Å²) in [6.45, 7) is 5.17. The van der Waals surface area contributed by atoms with Crippen molar-refractivity contribution < 1.29 is 9.18 Å². The van der Waals surface area contributed by atoms with Gasteiger partial charge in [0.2, 0.25) is 5.91 Å². The van der Waals surface area contributed by atoms with Gasteiger partial charge in [0.25, 0.3) is 0 Å². The van der Waals surface area contributed by atoms with Crippen molar-refractivity contribution in [3.05, 3.63) is 70.5 Å². The molecule has 170 valence electrons. The van der Waals surface area contributed by atoms with Crippen LogP contribution in [0.5, 0.6) is 0 Å². The van der Waals surface area contributed by atoms with E-state index in [1.807, 2.05) is 24.3 Å². The number of carbonyl (C=O) groups excluding carboxylic acids is 1. The minimum absolute atomic E-state index is 0.0404. The summed E-state index contributed by atoms with van der Waals surface area (Å²) >= 11 is 6.14. The molecule has 0 saturated carbocycles. The van der Waals surface area contributed by atoms with E-state index in [0.717, 1.165) is 75.2 Å². The Labute approximate surface area is 195 Å². The molecular weight excluding hydrogens is 423 g/mol. The quantitative estimate of drug-likeness (QED) is 0.421. The highest BCUT2D eigenvalue weighted by Crippen LogP contribution is 2.45. The minimum Gasteiger partial charge on any atom is -0.325 e. The summed E-state index contributed by atoms with van der Waals surface area (Å²) in [6.07, 6.45) is 9.05. The van der Waals surface area contributed by atoms with Crippen LogP contribution in [0.3, 0.4) is 0 Å². The average Bonchev–Trinajstić information content (AvgIpc) is 3.06.